The minimum Gasteiger partial charge on any atom is -0.318 e. The van der Waals surface area contributed by atoms with Gasteiger partial charge in [-0.15, -0.1) is 0 Å². The van der Waals surface area contributed by atoms with Crippen LogP contribution >= 0.6 is 0 Å². The Morgan fingerprint density at radius 2 is 1.83 bits per heavy atom. The third-order valence-electron chi connectivity index (χ3n) is 4.06. The van der Waals surface area contributed by atoms with Gasteiger partial charge in [-0.3, -0.25) is 9.69 Å². The fourth-order valence-electron chi connectivity index (χ4n) is 2.92. The maximum Gasteiger partial charge on any atom is 0.328 e. The van der Waals surface area contributed by atoms with Crippen LogP contribution in [-0.4, -0.2) is 28.0 Å². The number of hydrogen-bond donors (Lipinski definition) is 1. The van der Waals surface area contributed by atoms with Gasteiger partial charge in [-0.1, -0.05) is 18.2 Å². The van der Waals surface area contributed by atoms with Crippen LogP contribution in [0.4, 0.5) is 4.79 Å². The molecule has 0 saturated carbocycles. The summed E-state index contributed by atoms with van der Waals surface area (Å²) < 4.78 is 2.13. The molecule has 5 nitrogen and oxygen atoms in total. The molecule has 1 aromatic heterocycles. The van der Waals surface area contributed by atoms with Gasteiger partial charge in [-0.2, -0.15) is 0 Å². The Labute approximate surface area is 135 Å². The smallest absolute Gasteiger partial charge is 0.318 e. The van der Waals surface area contributed by atoms with Crippen LogP contribution in [0.15, 0.2) is 42.1 Å². The summed E-state index contributed by atoms with van der Waals surface area (Å²) in [6.07, 6.45) is 1.75. The minimum atomic E-state index is -0.361. The van der Waals surface area contributed by atoms with Crippen molar-refractivity contribution in [1.82, 2.24) is 14.8 Å². The van der Waals surface area contributed by atoms with Gasteiger partial charge in [0.25, 0.3) is 5.91 Å². The predicted molar refractivity (Wildman–Crippen MR) is 89.1 cm³/mol. The van der Waals surface area contributed by atoms with Gasteiger partial charge in [-0.25, -0.2) is 4.79 Å². The van der Waals surface area contributed by atoms with Gasteiger partial charge in [0.2, 0.25) is 0 Å². The Balaban J connectivity index is 2.02. The lowest BCUT2D eigenvalue weighted by Crippen LogP contribution is -2.30. The Morgan fingerprint density at radius 1 is 1.13 bits per heavy atom. The van der Waals surface area contributed by atoms with Crippen LogP contribution in [-0.2, 0) is 4.79 Å². The van der Waals surface area contributed by atoms with Crippen molar-refractivity contribution in [3.05, 3.63) is 59.0 Å². The second-order valence-corrected chi connectivity index (χ2v) is 5.54. The molecule has 1 aliphatic rings. The fraction of sp³-hybridized carbons (Fsp3) is 0.222. The molecule has 0 atom stereocenters. The van der Waals surface area contributed by atoms with E-state index in [9.17, 15) is 9.59 Å². The largest absolute Gasteiger partial charge is 0.328 e. The van der Waals surface area contributed by atoms with Gasteiger partial charge in [0.1, 0.15) is 5.70 Å². The molecule has 3 amide bonds. The second-order valence-electron chi connectivity index (χ2n) is 5.54. The maximum atomic E-state index is 12.2. The Morgan fingerprint density at radius 3 is 2.43 bits per heavy atom. The van der Waals surface area contributed by atoms with Crippen molar-refractivity contribution in [2.45, 2.75) is 20.8 Å². The summed E-state index contributed by atoms with van der Waals surface area (Å²) in [7, 11) is 0. The molecule has 118 valence electrons. The van der Waals surface area contributed by atoms with Crippen molar-refractivity contribution in [2.24, 2.45) is 0 Å². The average Bonchev–Trinajstić information content (AvgIpc) is 2.96. The lowest BCUT2D eigenvalue weighted by atomic mass is 10.2. The summed E-state index contributed by atoms with van der Waals surface area (Å²) in [6, 6.07) is 11.7. The number of imide groups is 1. The minimum absolute atomic E-state index is 0.276. The number of hydrogen-bond acceptors (Lipinski definition) is 2. The number of benzene rings is 1. The predicted octanol–water partition coefficient (Wildman–Crippen LogP) is 3.01. The molecule has 2 heterocycles. The zero-order valence-electron chi connectivity index (χ0n) is 13.5. The van der Waals surface area contributed by atoms with Gasteiger partial charge in [-0.05, 0) is 50.6 Å². The molecule has 0 radical (unpaired) electrons. The first kappa shape index (κ1) is 15.1. The molecule has 1 saturated heterocycles. The first-order valence-electron chi connectivity index (χ1n) is 7.62. The molecule has 0 unspecified atom stereocenters. The summed E-state index contributed by atoms with van der Waals surface area (Å²) in [5.74, 6) is -0.276. The van der Waals surface area contributed by atoms with E-state index >= 15 is 0 Å². The molecule has 0 aliphatic carbocycles. The number of amides is 3. The number of rotatable bonds is 3. The quantitative estimate of drug-likeness (QED) is 0.700. The van der Waals surface area contributed by atoms with Gasteiger partial charge >= 0.3 is 6.03 Å². The first-order chi connectivity index (χ1) is 11.0. The third kappa shape index (κ3) is 2.54. The molecule has 1 aliphatic heterocycles. The zero-order valence-corrected chi connectivity index (χ0v) is 13.5. The Kier molecular flexibility index (Phi) is 3.78. The highest BCUT2D eigenvalue weighted by atomic mass is 16.2. The molecule has 5 heteroatoms. The number of likely N-dealkylation sites (N-methyl/N-ethyl adjacent to an activating group) is 1. The lowest BCUT2D eigenvalue weighted by molar-refractivity contribution is -0.122. The van der Waals surface area contributed by atoms with Crippen molar-refractivity contribution in [3.8, 4) is 5.69 Å². The van der Waals surface area contributed by atoms with Gasteiger partial charge in [0, 0.05) is 23.6 Å². The van der Waals surface area contributed by atoms with Crippen LogP contribution in [0.1, 0.15) is 23.9 Å². The van der Waals surface area contributed by atoms with E-state index in [1.807, 2.05) is 50.2 Å². The normalized spacial score (nSPS) is 16.3. The van der Waals surface area contributed by atoms with Crippen LogP contribution in [0.3, 0.4) is 0 Å². The molecule has 1 aromatic carbocycles. The van der Waals surface area contributed by atoms with E-state index in [-0.39, 0.29) is 11.9 Å². The highest BCUT2D eigenvalue weighted by Gasteiger charge is 2.32. The molecule has 2 aromatic rings. The highest BCUT2D eigenvalue weighted by molar-refractivity contribution is 6.14. The van der Waals surface area contributed by atoms with E-state index in [0.717, 1.165) is 22.6 Å². The number of carbonyl (C=O) groups excluding carboxylic acids is 2. The summed E-state index contributed by atoms with van der Waals surface area (Å²) in [5, 5.41) is 2.64. The van der Waals surface area contributed by atoms with E-state index < -0.39 is 0 Å². The van der Waals surface area contributed by atoms with E-state index in [4.69, 9.17) is 0 Å². The number of nitrogens with zero attached hydrogens (tertiary/aromatic N) is 2. The van der Waals surface area contributed by atoms with Crippen molar-refractivity contribution in [2.75, 3.05) is 6.54 Å². The molecule has 0 bridgehead atoms. The van der Waals surface area contributed by atoms with E-state index in [0.29, 0.717) is 12.2 Å². The third-order valence-corrected chi connectivity index (χ3v) is 4.06. The fourth-order valence-corrected chi connectivity index (χ4v) is 2.92. The number of carbonyl (C=O) groups is 2. The highest BCUT2D eigenvalue weighted by Crippen LogP contribution is 2.23. The average molecular weight is 309 g/mol. The van der Waals surface area contributed by atoms with Crippen LogP contribution in [0.2, 0.25) is 0 Å². The van der Waals surface area contributed by atoms with Crippen molar-refractivity contribution in [3.63, 3.8) is 0 Å². The van der Waals surface area contributed by atoms with Gasteiger partial charge < -0.3 is 9.88 Å². The monoisotopic (exact) mass is 309 g/mol. The van der Waals surface area contributed by atoms with Gasteiger partial charge in [0.15, 0.2) is 0 Å². The van der Waals surface area contributed by atoms with Crippen molar-refractivity contribution < 1.29 is 9.59 Å². The maximum absolute atomic E-state index is 12.2. The standard InChI is InChI=1S/C18H19N3O2/c1-4-20-17(22)16(19-18(20)23)11-14-10-12(2)21(13(14)3)15-8-6-5-7-9-15/h5-11H,4H2,1-3H3,(H,19,23)/b16-11-. The summed E-state index contributed by atoms with van der Waals surface area (Å²) in [6.45, 7) is 6.17. The molecule has 3 rings (SSSR count). The van der Waals surface area contributed by atoms with Crippen molar-refractivity contribution >= 4 is 18.0 Å². The number of para-hydroxylation sites is 1. The molecule has 0 spiro atoms. The van der Waals surface area contributed by atoms with Crippen molar-refractivity contribution in [1.29, 1.82) is 0 Å². The summed E-state index contributed by atoms with van der Waals surface area (Å²) >= 11 is 0. The van der Waals surface area contributed by atoms with Gasteiger partial charge in [0.05, 0.1) is 0 Å². The summed E-state index contributed by atoms with van der Waals surface area (Å²) in [4.78, 5) is 25.1. The van der Waals surface area contributed by atoms with Crippen LogP contribution < -0.4 is 5.32 Å². The topological polar surface area (TPSA) is 54.3 Å². The Bertz CT molecular complexity index is 803. The zero-order chi connectivity index (χ0) is 16.6. The molecular weight excluding hydrogens is 290 g/mol. The number of aryl methyl sites for hydroxylation is 1. The number of urea groups is 1. The molecule has 1 fully saturated rings. The van der Waals surface area contributed by atoms with E-state index in [1.165, 1.54) is 4.90 Å². The first-order valence-corrected chi connectivity index (χ1v) is 7.62. The lowest BCUT2D eigenvalue weighted by Gasteiger charge is -2.09. The molecule has 23 heavy (non-hydrogen) atoms. The Hall–Kier alpha value is -2.82. The van der Waals surface area contributed by atoms with Crippen LogP contribution in [0.25, 0.3) is 11.8 Å². The number of aromatic nitrogens is 1. The number of nitrogens with one attached hydrogen (secondary N) is 1. The SMILES string of the molecule is CCN1C(=O)N/C(=C\c2cc(C)n(-c3ccccc3)c2C)C1=O. The molecule has 1 N–H and O–H groups in total. The van der Waals surface area contributed by atoms with E-state index in [2.05, 4.69) is 9.88 Å². The second kappa shape index (κ2) is 5.76. The summed E-state index contributed by atoms with van der Waals surface area (Å²) in [5.41, 5.74) is 4.42. The van der Waals surface area contributed by atoms with Crippen LogP contribution in [0.5, 0.6) is 0 Å². The molecular formula is C18H19N3O2. The van der Waals surface area contributed by atoms with E-state index in [1.54, 1.807) is 13.0 Å². The van der Waals surface area contributed by atoms with Crippen LogP contribution in [0, 0.1) is 13.8 Å².